The minimum Gasteiger partial charge on any atom is -0.337 e. The molecule has 3 heterocycles. The van der Waals surface area contributed by atoms with Gasteiger partial charge in [-0.25, -0.2) is 9.48 Å². The van der Waals surface area contributed by atoms with Crippen molar-refractivity contribution >= 4 is 11.6 Å². The Morgan fingerprint density at radius 3 is 3.00 bits per heavy atom. The highest BCUT2D eigenvalue weighted by Crippen LogP contribution is 2.16. The molecule has 7 nitrogen and oxygen atoms in total. The molecule has 0 aromatic carbocycles. The summed E-state index contributed by atoms with van der Waals surface area (Å²) in [4.78, 5) is 26.4. The number of carbonyl (C=O) groups is 1. The van der Waals surface area contributed by atoms with Gasteiger partial charge < -0.3 is 10.6 Å². The first kappa shape index (κ1) is 13.8. The van der Waals surface area contributed by atoms with Crippen LogP contribution in [0.4, 0.5) is 0 Å². The van der Waals surface area contributed by atoms with E-state index in [-0.39, 0.29) is 24.2 Å². The van der Waals surface area contributed by atoms with Gasteiger partial charge in [-0.3, -0.25) is 9.20 Å². The van der Waals surface area contributed by atoms with Crippen LogP contribution in [0.2, 0.25) is 0 Å². The van der Waals surface area contributed by atoms with Gasteiger partial charge in [0.05, 0.1) is 0 Å². The van der Waals surface area contributed by atoms with Gasteiger partial charge in [0.15, 0.2) is 5.65 Å². The Kier molecular flexibility index (Phi) is 3.74. The van der Waals surface area contributed by atoms with E-state index in [0.29, 0.717) is 18.7 Å². The average Bonchev–Trinajstić information content (AvgIpc) is 2.84. The van der Waals surface area contributed by atoms with Crippen LogP contribution in [0.3, 0.4) is 0 Å². The molecule has 0 bridgehead atoms. The Morgan fingerprint density at radius 1 is 1.38 bits per heavy atom. The van der Waals surface area contributed by atoms with Crippen LogP contribution in [0.5, 0.6) is 0 Å². The maximum Gasteiger partial charge on any atom is 0.350 e. The fourth-order valence-corrected chi connectivity index (χ4v) is 2.86. The Morgan fingerprint density at radius 2 is 2.24 bits per heavy atom. The average molecular weight is 289 g/mol. The molecule has 1 atom stereocenters. The Hall–Kier alpha value is -2.15. The number of hydrogen-bond acceptors (Lipinski definition) is 4. The summed E-state index contributed by atoms with van der Waals surface area (Å²) in [5.74, 6) is -0.0874. The van der Waals surface area contributed by atoms with Gasteiger partial charge in [-0.2, -0.15) is 0 Å². The molecule has 1 fully saturated rings. The van der Waals surface area contributed by atoms with Crippen molar-refractivity contribution in [2.24, 2.45) is 5.73 Å². The van der Waals surface area contributed by atoms with Crippen molar-refractivity contribution in [2.45, 2.75) is 31.8 Å². The van der Waals surface area contributed by atoms with Crippen LogP contribution in [-0.4, -0.2) is 44.1 Å². The predicted molar refractivity (Wildman–Crippen MR) is 77.9 cm³/mol. The smallest absolute Gasteiger partial charge is 0.337 e. The molecular weight excluding hydrogens is 270 g/mol. The second-order valence-corrected chi connectivity index (χ2v) is 5.34. The molecule has 2 aromatic rings. The number of nitrogens with two attached hydrogens (primary N) is 1. The molecule has 1 unspecified atom stereocenters. The van der Waals surface area contributed by atoms with Gasteiger partial charge in [0.1, 0.15) is 6.54 Å². The van der Waals surface area contributed by atoms with Gasteiger partial charge >= 0.3 is 5.69 Å². The first-order valence-electron chi connectivity index (χ1n) is 7.24. The normalized spacial score (nSPS) is 19.1. The van der Waals surface area contributed by atoms with E-state index in [1.807, 2.05) is 6.07 Å². The number of amides is 1. The molecule has 1 saturated heterocycles. The lowest BCUT2D eigenvalue weighted by Gasteiger charge is -2.34. The van der Waals surface area contributed by atoms with Crippen LogP contribution in [0.1, 0.15) is 19.3 Å². The van der Waals surface area contributed by atoms with E-state index >= 15 is 0 Å². The third-order valence-corrected chi connectivity index (χ3v) is 3.99. The number of hydrogen-bond donors (Lipinski definition) is 1. The lowest BCUT2D eigenvalue weighted by molar-refractivity contribution is -0.135. The zero-order chi connectivity index (χ0) is 14.8. The summed E-state index contributed by atoms with van der Waals surface area (Å²) in [5.41, 5.74) is 5.99. The van der Waals surface area contributed by atoms with E-state index in [0.717, 1.165) is 19.3 Å². The molecule has 0 spiro atoms. The molecule has 2 aromatic heterocycles. The van der Waals surface area contributed by atoms with E-state index in [1.54, 1.807) is 23.2 Å². The van der Waals surface area contributed by atoms with Crippen LogP contribution < -0.4 is 11.4 Å². The van der Waals surface area contributed by atoms with Crippen molar-refractivity contribution in [3.05, 3.63) is 34.9 Å². The highest BCUT2D eigenvalue weighted by Gasteiger charge is 2.26. The van der Waals surface area contributed by atoms with Crippen molar-refractivity contribution in [1.29, 1.82) is 0 Å². The van der Waals surface area contributed by atoms with Crippen molar-refractivity contribution in [2.75, 3.05) is 13.1 Å². The highest BCUT2D eigenvalue weighted by molar-refractivity contribution is 5.76. The van der Waals surface area contributed by atoms with Crippen molar-refractivity contribution in [1.82, 2.24) is 19.1 Å². The van der Waals surface area contributed by atoms with Crippen LogP contribution >= 0.6 is 0 Å². The fourth-order valence-electron chi connectivity index (χ4n) is 2.86. The van der Waals surface area contributed by atoms with Crippen molar-refractivity contribution in [3.63, 3.8) is 0 Å². The first-order chi connectivity index (χ1) is 10.2. The molecule has 3 rings (SSSR count). The van der Waals surface area contributed by atoms with E-state index in [1.165, 1.54) is 9.08 Å². The minimum absolute atomic E-state index is 0.0307. The third-order valence-electron chi connectivity index (χ3n) is 3.99. The molecule has 112 valence electrons. The molecule has 0 aliphatic carbocycles. The fraction of sp³-hybridized carbons (Fsp3) is 0.500. The summed E-state index contributed by atoms with van der Waals surface area (Å²) in [6, 6.07) is 5.39. The van der Waals surface area contributed by atoms with Gasteiger partial charge in [0, 0.05) is 25.3 Å². The number of carbonyl (C=O) groups excluding carboxylic acids is 1. The van der Waals surface area contributed by atoms with Crippen molar-refractivity contribution in [3.8, 4) is 0 Å². The molecule has 0 radical (unpaired) electrons. The number of fused-ring (bicyclic) bond motifs is 1. The molecule has 1 amide bonds. The van der Waals surface area contributed by atoms with Gasteiger partial charge in [-0.1, -0.05) is 6.07 Å². The Labute approximate surface area is 122 Å². The number of piperidine rings is 1. The maximum absolute atomic E-state index is 12.4. The lowest BCUT2D eigenvalue weighted by atomic mass is 10.0. The van der Waals surface area contributed by atoms with Gasteiger partial charge in [0.25, 0.3) is 0 Å². The summed E-state index contributed by atoms with van der Waals surface area (Å²) in [5, 5.41) is 4.19. The van der Waals surface area contributed by atoms with Gasteiger partial charge in [0.2, 0.25) is 5.91 Å². The standard InChI is InChI=1S/C14H19N5O2/c15-9-11-5-1-3-7-17(11)13(20)10-19-14(21)18-8-4-2-6-12(18)16-19/h2,4,6,8,11H,1,3,5,7,9-10,15H2. The van der Waals surface area contributed by atoms with E-state index in [9.17, 15) is 9.59 Å². The van der Waals surface area contributed by atoms with E-state index in [4.69, 9.17) is 5.73 Å². The highest BCUT2D eigenvalue weighted by atomic mass is 16.2. The van der Waals surface area contributed by atoms with E-state index in [2.05, 4.69) is 5.10 Å². The SMILES string of the molecule is NCC1CCCCN1C(=O)Cn1nc2ccccn2c1=O. The summed E-state index contributed by atoms with van der Waals surface area (Å²) >= 11 is 0. The number of nitrogens with zero attached hydrogens (tertiary/aromatic N) is 4. The van der Waals surface area contributed by atoms with Crippen molar-refractivity contribution < 1.29 is 4.79 Å². The Balaban J connectivity index is 1.82. The molecular formula is C14H19N5O2. The minimum atomic E-state index is -0.291. The first-order valence-corrected chi connectivity index (χ1v) is 7.24. The second kappa shape index (κ2) is 5.69. The summed E-state index contributed by atoms with van der Waals surface area (Å²) in [6.45, 7) is 1.14. The second-order valence-electron chi connectivity index (χ2n) is 5.34. The summed E-state index contributed by atoms with van der Waals surface area (Å²) in [6.07, 6.45) is 4.67. The van der Waals surface area contributed by atoms with E-state index < -0.39 is 0 Å². The quantitative estimate of drug-likeness (QED) is 0.850. The van der Waals surface area contributed by atoms with Crippen LogP contribution in [0.15, 0.2) is 29.2 Å². The van der Waals surface area contributed by atoms with Gasteiger partial charge in [-0.15, -0.1) is 5.10 Å². The number of likely N-dealkylation sites (tertiary alicyclic amines) is 1. The summed E-state index contributed by atoms with van der Waals surface area (Å²) in [7, 11) is 0. The number of aromatic nitrogens is 3. The molecule has 7 heteroatoms. The van der Waals surface area contributed by atoms with Gasteiger partial charge in [-0.05, 0) is 31.4 Å². The number of rotatable bonds is 3. The topological polar surface area (TPSA) is 85.6 Å². The summed E-state index contributed by atoms with van der Waals surface area (Å²) < 4.78 is 2.66. The molecule has 2 N–H and O–H groups in total. The van der Waals surface area contributed by atoms with Crippen LogP contribution in [0.25, 0.3) is 5.65 Å². The zero-order valence-corrected chi connectivity index (χ0v) is 11.8. The molecule has 1 aliphatic heterocycles. The number of pyridine rings is 1. The predicted octanol–water partition coefficient (Wildman–Crippen LogP) is -0.164. The molecule has 21 heavy (non-hydrogen) atoms. The zero-order valence-electron chi connectivity index (χ0n) is 11.8. The Bertz CT molecular complexity index is 705. The van der Waals surface area contributed by atoms with Crippen LogP contribution in [0, 0.1) is 0 Å². The molecule has 1 aliphatic rings. The monoisotopic (exact) mass is 289 g/mol. The maximum atomic E-state index is 12.4. The largest absolute Gasteiger partial charge is 0.350 e. The lowest BCUT2D eigenvalue weighted by Crippen LogP contribution is -2.49. The third kappa shape index (κ3) is 2.56. The molecule has 0 saturated carbocycles. The van der Waals surface area contributed by atoms with Crippen LogP contribution in [-0.2, 0) is 11.3 Å².